The number of aromatic nitrogens is 1. The summed E-state index contributed by atoms with van der Waals surface area (Å²) in [5.41, 5.74) is 6.02. The molecule has 1 fully saturated rings. The van der Waals surface area contributed by atoms with Gasteiger partial charge < -0.3 is 16.4 Å². The van der Waals surface area contributed by atoms with Crippen LogP contribution in [0.2, 0.25) is 5.02 Å². The van der Waals surface area contributed by atoms with Crippen LogP contribution in [0.1, 0.15) is 22.5 Å². The van der Waals surface area contributed by atoms with Crippen molar-refractivity contribution in [3.05, 3.63) is 33.9 Å². The van der Waals surface area contributed by atoms with Gasteiger partial charge in [0, 0.05) is 16.8 Å². The number of anilines is 3. The number of nitrogens with two attached hydrogens (primary N) is 1. The number of nitrogens with one attached hydrogen (secondary N) is 2. The molecule has 1 saturated carbocycles. The molecule has 5 nitrogen and oxygen atoms in total. The van der Waals surface area contributed by atoms with Crippen molar-refractivity contribution in [1.82, 2.24) is 4.98 Å². The zero-order valence-electron chi connectivity index (χ0n) is 10.8. The number of carbonyl (C=O) groups is 1. The second-order valence-electron chi connectivity index (χ2n) is 4.76. The largest absolute Gasteiger partial charge is 0.382 e. The predicted molar refractivity (Wildman–Crippen MR) is 82.5 cm³/mol. The summed E-state index contributed by atoms with van der Waals surface area (Å²) in [6, 6.07) is 4.23. The first-order valence-electron chi connectivity index (χ1n) is 6.31. The van der Waals surface area contributed by atoms with Gasteiger partial charge in [0.1, 0.15) is 16.5 Å². The van der Waals surface area contributed by atoms with E-state index in [4.69, 9.17) is 17.3 Å². The van der Waals surface area contributed by atoms with Gasteiger partial charge in [-0.25, -0.2) is 9.37 Å². The molecule has 0 bridgehead atoms. The Balaban J connectivity index is 1.76. The van der Waals surface area contributed by atoms with Crippen molar-refractivity contribution in [1.29, 1.82) is 0 Å². The van der Waals surface area contributed by atoms with Crippen molar-refractivity contribution < 1.29 is 9.18 Å². The molecule has 4 N–H and O–H groups in total. The highest BCUT2D eigenvalue weighted by molar-refractivity contribution is 7.18. The van der Waals surface area contributed by atoms with Crippen LogP contribution >= 0.6 is 22.9 Å². The van der Waals surface area contributed by atoms with E-state index in [1.165, 1.54) is 23.5 Å². The first kappa shape index (κ1) is 14.1. The molecule has 0 saturated heterocycles. The molecule has 1 aromatic heterocycles. The molecule has 0 spiro atoms. The predicted octanol–water partition coefficient (Wildman–Crippen LogP) is 3.34. The van der Waals surface area contributed by atoms with E-state index in [0.29, 0.717) is 16.1 Å². The molecule has 8 heteroatoms. The topological polar surface area (TPSA) is 80.0 Å². The van der Waals surface area contributed by atoms with Gasteiger partial charge in [-0.2, -0.15) is 0 Å². The van der Waals surface area contributed by atoms with Crippen LogP contribution in [0.3, 0.4) is 0 Å². The molecule has 0 aliphatic heterocycles. The minimum absolute atomic E-state index is 0.156. The normalized spacial score (nSPS) is 14.0. The Bertz CT molecular complexity index is 681. The van der Waals surface area contributed by atoms with Crippen LogP contribution in [0.4, 0.5) is 21.0 Å². The van der Waals surface area contributed by atoms with Crippen molar-refractivity contribution in [2.45, 2.75) is 18.9 Å². The van der Waals surface area contributed by atoms with Crippen LogP contribution in [-0.2, 0) is 0 Å². The molecular formula is C13H12ClFN4OS. The fourth-order valence-electron chi connectivity index (χ4n) is 1.77. The second-order valence-corrected chi connectivity index (χ2v) is 6.20. The van der Waals surface area contributed by atoms with Crippen molar-refractivity contribution in [3.63, 3.8) is 0 Å². The lowest BCUT2D eigenvalue weighted by Gasteiger charge is -2.04. The highest BCUT2D eigenvalue weighted by Crippen LogP contribution is 2.31. The monoisotopic (exact) mass is 326 g/mol. The molecule has 3 rings (SSSR count). The smallest absolute Gasteiger partial charge is 0.269 e. The lowest BCUT2D eigenvalue weighted by Crippen LogP contribution is -2.12. The van der Waals surface area contributed by atoms with E-state index in [1.807, 2.05) is 0 Å². The van der Waals surface area contributed by atoms with E-state index >= 15 is 0 Å². The molecule has 1 aliphatic carbocycles. The number of rotatable bonds is 4. The maximum Gasteiger partial charge on any atom is 0.269 e. The molecule has 21 heavy (non-hydrogen) atoms. The zero-order valence-corrected chi connectivity index (χ0v) is 12.4. The molecule has 1 amide bonds. The molecule has 0 radical (unpaired) electrons. The van der Waals surface area contributed by atoms with E-state index in [2.05, 4.69) is 15.6 Å². The Morgan fingerprint density at radius 1 is 1.43 bits per heavy atom. The number of halogens is 2. The average molecular weight is 327 g/mol. The number of hydrogen-bond donors (Lipinski definition) is 3. The van der Waals surface area contributed by atoms with Gasteiger partial charge in [0.05, 0.1) is 0 Å². The average Bonchev–Trinajstić information content (AvgIpc) is 3.10. The molecule has 0 unspecified atom stereocenters. The summed E-state index contributed by atoms with van der Waals surface area (Å²) in [6.07, 6.45) is 2.20. The van der Waals surface area contributed by atoms with Crippen molar-refractivity contribution in [3.8, 4) is 0 Å². The SMILES string of the molecule is Nc1nc(NC2CC2)sc1C(=O)Nc1cc(F)cc(Cl)c1. The van der Waals surface area contributed by atoms with Gasteiger partial charge in [-0.15, -0.1) is 0 Å². The van der Waals surface area contributed by atoms with Crippen LogP contribution in [-0.4, -0.2) is 16.9 Å². The Kier molecular flexibility index (Phi) is 3.69. The van der Waals surface area contributed by atoms with Gasteiger partial charge in [-0.3, -0.25) is 4.79 Å². The molecule has 0 atom stereocenters. The van der Waals surface area contributed by atoms with Crippen LogP contribution in [0, 0.1) is 5.82 Å². The van der Waals surface area contributed by atoms with E-state index in [9.17, 15) is 9.18 Å². The van der Waals surface area contributed by atoms with Crippen LogP contribution < -0.4 is 16.4 Å². The summed E-state index contributed by atoms with van der Waals surface area (Å²) >= 11 is 6.92. The fourth-order valence-corrected chi connectivity index (χ4v) is 2.85. The maximum atomic E-state index is 13.2. The number of thiazole rings is 1. The van der Waals surface area contributed by atoms with E-state index < -0.39 is 11.7 Å². The number of amides is 1. The number of carbonyl (C=O) groups excluding carboxylic acids is 1. The third-order valence-electron chi connectivity index (χ3n) is 2.88. The number of nitrogen functional groups attached to an aromatic ring is 1. The van der Waals surface area contributed by atoms with Gasteiger partial charge in [0.25, 0.3) is 5.91 Å². The zero-order chi connectivity index (χ0) is 15.0. The Morgan fingerprint density at radius 3 is 2.86 bits per heavy atom. The molecule has 1 aliphatic rings. The minimum atomic E-state index is -0.522. The lowest BCUT2D eigenvalue weighted by molar-refractivity contribution is 0.103. The quantitative estimate of drug-likeness (QED) is 0.805. The molecular weight excluding hydrogens is 315 g/mol. The summed E-state index contributed by atoms with van der Waals surface area (Å²) in [7, 11) is 0. The number of hydrogen-bond acceptors (Lipinski definition) is 5. The van der Waals surface area contributed by atoms with Crippen LogP contribution in [0.5, 0.6) is 0 Å². The Labute approximate surface area is 129 Å². The van der Waals surface area contributed by atoms with E-state index in [-0.39, 0.29) is 16.5 Å². The van der Waals surface area contributed by atoms with Crippen LogP contribution in [0.15, 0.2) is 18.2 Å². The van der Waals surface area contributed by atoms with Gasteiger partial charge in [-0.05, 0) is 31.0 Å². The summed E-state index contributed by atoms with van der Waals surface area (Å²) < 4.78 is 13.2. The second kappa shape index (κ2) is 5.50. The van der Waals surface area contributed by atoms with Crippen LogP contribution in [0.25, 0.3) is 0 Å². The van der Waals surface area contributed by atoms with E-state index in [1.54, 1.807) is 0 Å². The highest BCUT2D eigenvalue weighted by Gasteiger charge is 2.24. The summed E-state index contributed by atoms with van der Waals surface area (Å²) in [5, 5.41) is 6.57. The Morgan fingerprint density at radius 2 is 2.19 bits per heavy atom. The summed E-state index contributed by atoms with van der Waals surface area (Å²) in [5.74, 6) is -0.801. The third kappa shape index (κ3) is 3.43. The molecule has 110 valence electrons. The summed E-state index contributed by atoms with van der Waals surface area (Å²) in [6.45, 7) is 0. The van der Waals surface area contributed by atoms with E-state index in [0.717, 1.165) is 18.9 Å². The highest BCUT2D eigenvalue weighted by atomic mass is 35.5. The van der Waals surface area contributed by atoms with Gasteiger partial charge in [-0.1, -0.05) is 22.9 Å². The third-order valence-corrected chi connectivity index (χ3v) is 4.10. The molecule has 1 aromatic carbocycles. The van der Waals surface area contributed by atoms with Gasteiger partial charge >= 0.3 is 0 Å². The maximum absolute atomic E-state index is 13.2. The molecule has 2 aromatic rings. The lowest BCUT2D eigenvalue weighted by atomic mass is 10.3. The van der Waals surface area contributed by atoms with Gasteiger partial charge in [0.2, 0.25) is 0 Å². The van der Waals surface area contributed by atoms with Crippen molar-refractivity contribution in [2.24, 2.45) is 0 Å². The number of benzene rings is 1. The fraction of sp³-hybridized carbons (Fsp3) is 0.231. The minimum Gasteiger partial charge on any atom is -0.382 e. The van der Waals surface area contributed by atoms with Crippen molar-refractivity contribution >= 4 is 45.5 Å². The van der Waals surface area contributed by atoms with Crippen molar-refractivity contribution in [2.75, 3.05) is 16.4 Å². The van der Waals surface area contributed by atoms with Gasteiger partial charge in [0.15, 0.2) is 5.13 Å². The molecule has 1 heterocycles. The Hall–Kier alpha value is -1.86. The standard InChI is InChI=1S/C13H12ClFN4OS/c14-6-3-7(15)5-9(4-6)17-12(20)10-11(16)19-13(21-10)18-8-1-2-8/h3-5,8H,1-2,16H2,(H,17,20)(H,18,19). The summed E-state index contributed by atoms with van der Waals surface area (Å²) in [4.78, 5) is 16.6. The number of nitrogens with zero attached hydrogens (tertiary/aromatic N) is 1. The first-order chi connectivity index (χ1) is 10.0. The first-order valence-corrected chi connectivity index (χ1v) is 7.51.